The molecule has 0 radical (unpaired) electrons. The minimum Gasteiger partial charge on any atom is -0.388 e. The van der Waals surface area contributed by atoms with Gasteiger partial charge in [0.25, 0.3) is 0 Å². The van der Waals surface area contributed by atoms with Gasteiger partial charge in [-0.1, -0.05) is 35.7 Å². The highest BCUT2D eigenvalue weighted by molar-refractivity contribution is 9.10. The van der Waals surface area contributed by atoms with Crippen LogP contribution in [0.2, 0.25) is 0 Å². The molecule has 1 N–H and O–H groups in total. The van der Waals surface area contributed by atoms with E-state index in [0.29, 0.717) is 16.0 Å². The quantitative estimate of drug-likeness (QED) is 0.855. The third-order valence-electron chi connectivity index (χ3n) is 3.65. The smallest absolute Gasteiger partial charge is 0.124 e. The van der Waals surface area contributed by atoms with Crippen molar-refractivity contribution in [2.24, 2.45) is 11.8 Å². The van der Waals surface area contributed by atoms with E-state index >= 15 is 0 Å². The summed E-state index contributed by atoms with van der Waals surface area (Å²) in [6, 6.07) is 4.67. The highest BCUT2D eigenvalue weighted by Crippen LogP contribution is 2.37. The van der Waals surface area contributed by atoms with Gasteiger partial charge in [-0.2, -0.15) is 0 Å². The van der Waals surface area contributed by atoms with Crippen LogP contribution in [0, 0.1) is 17.7 Å². The second kappa shape index (κ2) is 5.49. The second-order valence-corrected chi connectivity index (χ2v) is 6.10. The molecule has 1 nitrogen and oxygen atoms in total. The number of rotatable bonds is 2. The first-order chi connectivity index (χ1) is 8.06. The van der Waals surface area contributed by atoms with Crippen molar-refractivity contribution in [3.63, 3.8) is 0 Å². The van der Waals surface area contributed by atoms with Crippen molar-refractivity contribution in [3.8, 4) is 0 Å². The number of hydrogen-bond donors (Lipinski definition) is 1. The molecule has 3 unspecified atom stereocenters. The van der Waals surface area contributed by atoms with Gasteiger partial charge in [0, 0.05) is 4.47 Å². The molecule has 1 saturated carbocycles. The lowest BCUT2D eigenvalue weighted by Gasteiger charge is -2.30. The molecule has 1 aliphatic rings. The molecule has 0 spiro atoms. The van der Waals surface area contributed by atoms with Gasteiger partial charge in [0.05, 0.1) is 6.10 Å². The van der Waals surface area contributed by atoms with Crippen LogP contribution >= 0.6 is 15.9 Å². The summed E-state index contributed by atoms with van der Waals surface area (Å²) in [5.41, 5.74) is 0.691. The monoisotopic (exact) mass is 300 g/mol. The van der Waals surface area contributed by atoms with Gasteiger partial charge in [-0.05, 0) is 48.4 Å². The van der Waals surface area contributed by atoms with Gasteiger partial charge in [0.15, 0.2) is 0 Å². The van der Waals surface area contributed by atoms with Crippen LogP contribution in [0.15, 0.2) is 22.7 Å². The Balaban J connectivity index is 2.15. The summed E-state index contributed by atoms with van der Waals surface area (Å²) in [4.78, 5) is 0. The Hall–Kier alpha value is -0.410. The fraction of sp³-hybridized carbons (Fsp3) is 0.571. The predicted octanol–water partition coefficient (Wildman–Crippen LogP) is 4.45. The standard InChI is InChI=1S/C14H18BrFO/c1-9-3-2-4-10(5-9)14(17)11-6-12(15)8-13(16)7-11/h6-10,14,17H,2-5H2,1H3. The van der Waals surface area contributed by atoms with Crippen molar-refractivity contribution >= 4 is 15.9 Å². The second-order valence-electron chi connectivity index (χ2n) is 5.18. The van der Waals surface area contributed by atoms with Gasteiger partial charge in [-0.3, -0.25) is 0 Å². The topological polar surface area (TPSA) is 20.2 Å². The van der Waals surface area contributed by atoms with Crippen LogP contribution in [-0.4, -0.2) is 5.11 Å². The van der Waals surface area contributed by atoms with Crippen molar-refractivity contribution in [2.45, 2.75) is 38.7 Å². The van der Waals surface area contributed by atoms with E-state index in [4.69, 9.17) is 0 Å². The summed E-state index contributed by atoms with van der Waals surface area (Å²) in [6.07, 6.45) is 3.95. The van der Waals surface area contributed by atoms with Gasteiger partial charge in [0.1, 0.15) is 5.82 Å². The van der Waals surface area contributed by atoms with Crippen LogP contribution in [0.3, 0.4) is 0 Å². The third-order valence-corrected chi connectivity index (χ3v) is 4.11. The zero-order chi connectivity index (χ0) is 12.4. The largest absolute Gasteiger partial charge is 0.388 e. The van der Waals surface area contributed by atoms with E-state index in [1.54, 1.807) is 0 Å². The lowest BCUT2D eigenvalue weighted by molar-refractivity contribution is 0.0711. The Morgan fingerprint density at radius 1 is 1.35 bits per heavy atom. The Morgan fingerprint density at radius 3 is 2.76 bits per heavy atom. The average molecular weight is 301 g/mol. The maximum atomic E-state index is 13.3. The van der Waals surface area contributed by atoms with Crippen LogP contribution in [0.1, 0.15) is 44.3 Å². The van der Waals surface area contributed by atoms with E-state index in [-0.39, 0.29) is 11.7 Å². The summed E-state index contributed by atoms with van der Waals surface area (Å²) in [5.74, 6) is 0.644. The number of aliphatic hydroxyl groups excluding tert-OH is 1. The number of hydrogen-bond acceptors (Lipinski definition) is 1. The van der Waals surface area contributed by atoms with Crippen molar-refractivity contribution in [2.75, 3.05) is 0 Å². The summed E-state index contributed by atoms with van der Waals surface area (Å²) in [7, 11) is 0. The maximum absolute atomic E-state index is 13.3. The van der Waals surface area contributed by atoms with Crippen molar-refractivity contribution in [1.82, 2.24) is 0 Å². The minimum absolute atomic E-state index is 0.271. The Labute approximate surface area is 110 Å². The van der Waals surface area contributed by atoms with E-state index < -0.39 is 6.10 Å². The molecule has 1 fully saturated rings. The summed E-state index contributed by atoms with van der Waals surface area (Å²) >= 11 is 3.27. The molecule has 1 aromatic rings. The Bertz CT molecular complexity index is 374. The fourth-order valence-corrected chi connectivity index (χ4v) is 3.27. The minimum atomic E-state index is -0.537. The Morgan fingerprint density at radius 2 is 2.12 bits per heavy atom. The highest BCUT2D eigenvalue weighted by Gasteiger charge is 2.26. The number of benzene rings is 1. The highest BCUT2D eigenvalue weighted by atomic mass is 79.9. The van der Waals surface area contributed by atoms with Gasteiger partial charge in [-0.25, -0.2) is 4.39 Å². The molecular formula is C14H18BrFO. The fourth-order valence-electron chi connectivity index (χ4n) is 2.79. The maximum Gasteiger partial charge on any atom is 0.124 e. The first-order valence-corrected chi connectivity index (χ1v) is 6.99. The Kier molecular flexibility index (Phi) is 4.21. The number of aliphatic hydroxyl groups is 1. The summed E-state index contributed by atoms with van der Waals surface area (Å²) < 4.78 is 14.0. The van der Waals surface area contributed by atoms with Crippen LogP contribution in [0.25, 0.3) is 0 Å². The van der Waals surface area contributed by atoms with E-state index in [0.717, 1.165) is 12.8 Å². The zero-order valence-corrected chi connectivity index (χ0v) is 11.6. The molecule has 0 bridgehead atoms. The SMILES string of the molecule is CC1CCCC(C(O)c2cc(F)cc(Br)c2)C1. The lowest BCUT2D eigenvalue weighted by Crippen LogP contribution is -2.20. The molecule has 0 heterocycles. The zero-order valence-electron chi connectivity index (χ0n) is 10.00. The van der Waals surface area contributed by atoms with Crippen LogP contribution in [0.4, 0.5) is 4.39 Å². The van der Waals surface area contributed by atoms with E-state index in [2.05, 4.69) is 22.9 Å². The average Bonchev–Trinajstić information content (AvgIpc) is 2.26. The van der Waals surface area contributed by atoms with E-state index in [1.807, 2.05) is 6.07 Å². The molecule has 3 heteroatoms. The molecule has 1 aromatic carbocycles. The van der Waals surface area contributed by atoms with E-state index in [1.165, 1.54) is 25.0 Å². The predicted molar refractivity (Wildman–Crippen MR) is 70.2 cm³/mol. The summed E-state index contributed by atoms with van der Waals surface area (Å²) in [6.45, 7) is 2.22. The molecular weight excluding hydrogens is 283 g/mol. The first kappa shape index (κ1) is 13.0. The molecule has 1 aliphatic carbocycles. The van der Waals surface area contributed by atoms with Crippen LogP contribution < -0.4 is 0 Å². The van der Waals surface area contributed by atoms with E-state index in [9.17, 15) is 9.50 Å². The van der Waals surface area contributed by atoms with Crippen molar-refractivity contribution < 1.29 is 9.50 Å². The van der Waals surface area contributed by atoms with Crippen LogP contribution in [0.5, 0.6) is 0 Å². The lowest BCUT2D eigenvalue weighted by atomic mass is 9.78. The van der Waals surface area contributed by atoms with Gasteiger partial charge in [-0.15, -0.1) is 0 Å². The van der Waals surface area contributed by atoms with Crippen molar-refractivity contribution in [1.29, 1.82) is 0 Å². The van der Waals surface area contributed by atoms with Crippen LogP contribution in [-0.2, 0) is 0 Å². The normalized spacial score (nSPS) is 26.8. The molecule has 94 valence electrons. The van der Waals surface area contributed by atoms with Gasteiger partial charge in [0.2, 0.25) is 0 Å². The van der Waals surface area contributed by atoms with Crippen molar-refractivity contribution in [3.05, 3.63) is 34.1 Å². The molecule has 2 rings (SSSR count). The first-order valence-electron chi connectivity index (χ1n) is 6.20. The number of halogens is 2. The molecule has 0 amide bonds. The molecule has 0 aromatic heterocycles. The molecule has 0 aliphatic heterocycles. The third kappa shape index (κ3) is 3.29. The molecule has 17 heavy (non-hydrogen) atoms. The molecule has 3 atom stereocenters. The van der Waals surface area contributed by atoms with Gasteiger partial charge >= 0.3 is 0 Å². The molecule has 0 saturated heterocycles. The van der Waals surface area contributed by atoms with Gasteiger partial charge < -0.3 is 5.11 Å². The summed E-state index contributed by atoms with van der Waals surface area (Å²) in [5, 5.41) is 10.3.